The second-order valence-electron chi connectivity index (χ2n) is 4.43. The Morgan fingerprint density at radius 1 is 1.14 bits per heavy atom. The highest BCUT2D eigenvalue weighted by Crippen LogP contribution is 2.26. The van der Waals surface area contributed by atoms with Crippen molar-refractivity contribution in [3.05, 3.63) is 53.6 Å². The van der Waals surface area contributed by atoms with Crippen molar-refractivity contribution in [3.63, 3.8) is 0 Å². The SMILES string of the molecule is Cc1ccc(S(=O)(=O)Oc2ccc(O)c(C(=O)OP)c2)cc1. The standard InChI is InChI=1S/C14H13O6PS/c1-9-2-5-11(6-3-9)22(17,18)20-10-4-7-13(15)12(8-10)14(16)19-21/h2-8,15H,21H2,1H3. The van der Waals surface area contributed by atoms with E-state index in [4.69, 9.17) is 4.18 Å². The van der Waals surface area contributed by atoms with Crippen molar-refractivity contribution in [2.24, 2.45) is 0 Å². The first-order valence-corrected chi connectivity index (χ1v) is 7.96. The molecule has 6 nitrogen and oxygen atoms in total. The van der Waals surface area contributed by atoms with Gasteiger partial charge in [0.2, 0.25) is 0 Å². The summed E-state index contributed by atoms with van der Waals surface area (Å²) in [5.74, 6) is -1.28. The van der Waals surface area contributed by atoms with Gasteiger partial charge in [0.05, 0.1) is 9.47 Å². The molecule has 0 fully saturated rings. The fraction of sp³-hybridized carbons (Fsp3) is 0.0714. The number of aromatic hydroxyl groups is 1. The Labute approximate surface area is 130 Å². The highest BCUT2D eigenvalue weighted by Gasteiger charge is 2.19. The average Bonchev–Trinajstić information content (AvgIpc) is 2.48. The Morgan fingerprint density at radius 3 is 2.36 bits per heavy atom. The first-order chi connectivity index (χ1) is 10.3. The molecule has 1 unspecified atom stereocenters. The van der Waals surface area contributed by atoms with E-state index in [1.165, 1.54) is 18.2 Å². The van der Waals surface area contributed by atoms with E-state index in [1.807, 2.05) is 6.92 Å². The second kappa shape index (κ2) is 6.34. The highest BCUT2D eigenvalue weighted by molar-refractivity contribution is 7.87. The maximum absolute atomic E-state index is 12.1. The zero-order valence-electron chi connectivity index (χ0n) is 11.5. The topological polar surface area (TPSA) is 89.9 Å². The molecule has 0 aliphatic rings. The number of phenolic OH excluding ortho intramolecular Hbond substituents is 1. The molecular weight excluding hydrogens is 327 g/mol. The van der Waals surface area contributed by atoms with E-state index < -0.39 is 16.1 Å². The lowest BCUT2D eigenvalue weighted by Crippen LogP contribution is -2.10. The van der Waals surface area contributed by atoms with Crippen LogP contribution in [0.25, 0.3) is 0 Å². The van der Waals surface area contributed by atoms with Crippen molar-refractivity contribution in [3.8, 4) is 11.5 Å². The maximum Gasteiger partial charge on any atom is 0.344 e. The van der Waals surface area contributed by atoms with E-state index in [2.05, 4.69) is 4.52 Å². The molecule has 0 heterocycles. The molecule has 0 saturated heterocycles. The van der Waals surface area contributed by atoms with Gasteiger partial charge in [-0.1, -0.05) is 17.7 Å². The third-order valence-corrected chi connectivity index (χ3v) is 4.29. The van der Waals surface area contributed by atoms with Crippen LogP contribution in [0.15, 0.2) is 47.4 Å². The van der Waals surface area contributed by atoms with Gasteiger partial charge in [-0.05, 0) is 31.2 Å². The average molecular weight is 340 g/mol. The zero-order chi connectivity index (χ0) is 16.3. The number of carbonyl (C=O) groups excluding carboxylic acids is 1. The number of benzene rings is 2. The third kappa shape index (κ3) is 3.55. The van der Waals surface area contributed by atoms with Crippen molar-refractivity contribution in [1.82, 2.24) is 0 Å². The lowest BCUT2D eigenvalue weighted by Gasteiger charge is -2.09. The van der Waals surface area contributed by atoms with Gasteiger partial charge in [0, 0.05) is 6.07 Å². The summed E-state index contributed by atoms with van der Waals surface area (Å²) in [6, 6.07) is 9.60. The molecule has 0 aliphatic carbocycles. The minimum absolute atomic E-state index is 0.0126. The summed E-state index contributed by atoms with van der Waals surface area (Å²) >= 11 is 0. The smallest absolute Gasteiger partial charge is 0.344 e. The van der Waals surface area contributed by atoms with E-state index in [9.17, 15) is 18.3 Å². The van der Waals surface area contributed by atoms with Crippen LogP contribution >= 0.6 is 9.47 Å². The molecule has 8 heteroatoms. The van der Waals surface area contributed by atoms with Crippen LogP contribution in [0.2, 0.25) is 0 Å². The molecule has 1 atom stereocenters. The predicted octanol–water partition coefficient (Wildman–Crippen LogP) is 2.42. The molecule has 2 aromatic rings. The first-order valence-electron chi connectivity index (χ1n) is 6.09. The van der Waals surface area contributed by atoms with Gasteiger partial charge in [-0.3, -0.25) is 0 Å². The Bertz CT molecular complexity index is 799. The third-order valence-electron chi connectivity index (χ3n) is 2.81. The number of hydrogen-bond acceptors (Lipinski definition) is 6. The van der Waals surface area contributed by atoms with E-state index in [1.54, 1.807) is 21.6 Å². The molecule has 0 radical (unpaired) electrons. The van der Waals surface area contributed by atoms with Gasteiger partial charge in [0.15, 0.2) is 0 Å². The summed E-state index contributed by atoms with van der Waals surface area (Å²) in [4.78, 5) is 11.4. The van der Waals surface area contributed by atoms with Crippen LogP contribution in [0.5, 0.6) is 11.5 Å². The van der Waals surface area contributed by atoms with Crippen LogP contribution in [0, 0.1) is 6.92 Å². The summed E-state index contributed by atoms with van der Waals surface area (Å²) in [6.45, 7) is 1.83. The monoisotopic (exact) mass is 340 g/mol. The van der Waals surface area contributed by atoms with E-state index in [0.717, 1.165) is 17.7 Å². The van der Waals surface area contributed by atoms with Crippen LogP contribution < -0.4 is 4.18 Å². The predicted molar refractivity (Wildman–Crippen MR) is 82.2 cm³/mol. The van der Waals surface area contributed by atoms with E-state index in [0.29, 0.717) is 0 Å². The molecule has 2 rings (SSSR count). The Balaban J connectivity index is 2.34. The van der Waals surface area contributed by atoms with Crippen molar-refractivity contribution < 1.29 is 27.0 Å². The molecule has 0 aliphatic heterocycles. The first kappa shape index (κ1) is 16.3. The minimum atomic E-state index is -4.03. The fourth-order valence-corrected chi connectivity index (χ4v) is 2.72. The number of phenols is 1. The summed E-state index contributed by atoms with van der Waals surface area (Å²) in [5, 5.41) is 9.57. The number of rotatable bonds is 4. The van der Waals surface area contributed by atoms with Crippen molar-refractivity contribution in [2.45, 2.75) is 11.8 Å². The normalized spacial score (nSPS) is 11.0. The van der Waals surface area contributed by atoms with Crippen LogP contribution in [0.3, 0.4) is 0 Å². The zero-order valence-corrected chi connectivity index (χ0v) is 13.5. The summed E-state index contributed by atoms with van der Waals surface area (Å²) < 4.78 is 33.7. The van der Waals surface area contributed by atoms with Crippen LogP contribution in [0.1, 0.15) is 15.9 Å². The van der Waals surface area contributed by atoms with Gasteiger partial charge >= 0.3 is 16.1 Å². The van der Waals surface area contributed by atoms with Gasteiger partial charge in [0.25, 0.3) is 0 Å². The van der Waals surface area contributed by atoms with Crippen LogP contribution in [0.4, 0.5) is 0 Å². The van der Waals surface area contributed by atoms with E-state index in [-0.39, 0.29) is 22.0 Å². The molecule has 0 saturated carbocycles. The molecule has 2 aromatic carbocycles. The Morgan fingerprint density at radius 2 is 1.77 bits per heavy atom. The maximum atomic E-state index is 12.1. The Kier molecular flexibility index (Phi) is 4.68. The molecule has 22 heavy (non-hydrogen) atoms. The Hall–Kier alpha value is -2.11. The van der Waals surface area contributed by atoms with Gasteiger partial charge in [-0.2, -0.15) is 8.42 Å². The second-order valence-corrected chi connectivity index (χ2v) is 6.22. The number of carbonyl (C=O) groups is 1. The van der Waals surface area contributed by atoms with Crippen molar-refractivity contribution >= 4 is 25.6 Å². The number of aryl methyl sites for hydroxylation is 1. The molecule has 0 spiro atoms. The molecule has 0 aromatic heterocycles. The fourth-order valence-electron chi connectivity index (χ4n) is 1.67. The van der Waals surface area contributed by atoms with Crippen LogP contribution in [-0.2, 0) is 14.6 Å². The molecular formula is C14H13O6PS. The molecule has 0 amide bonds. The van der Waals surface area contributed by atoms with Gasteiger partial charge in [-0.25, -0.2) is 4.79 Å². The lowest BCUT2D eigenvalue weighted by molar-refractivity contribution is 0.0762. The number of hydrogen-bond donors (Lipinski definition) is 1. The summed E-state index contributed by atoms with van der Waals surface area (Å²) in [5.41, 5.74) is 0.709. The highest BCUT2D eigenvalue weighted by atomic mass is 32.2. The quantitative estimate of drug-likeness (QED) is 0.679. The van der Waals surface area contributed by atoms with Crippen LogP contribution in [-0.4, -0.2) is 19.5 Å². The van der Waals surface area contributed by atoms with Crippen molar-refractivity contribution in [1.29, 1.82) is 0 Å². The van der Waals surface area contributed by atoms with Gasteiger partial charge < -0.3 is 13.8 Å². The molecule has 116 valence electrons. The molecule has 1 N–H and O–H groups in total. The summed E-state index contributed by atoms with van der Waals surface area (Å²) in [6.07, 6.45) is 0. The van der Waals surface area contributed by atoms with E-state index >= 15 is 0 Å². The molecule has 0 bridgehead atoms. The minimum Gasteiger partial charge on any atom is -0.507 e. The largest absolute Gasteiger partial charge is 0.507 e. The lowest BCUT2D eigenvalue weighted by atomic mass is 10.2. The van der Waals surface area contributed by atoms with Gasteiger partial charge in [0.1, 0.15) is 22.0 Å². The van der Waals surface area contributed by atoms with Crippen molar-refractivity contribution in [2.75, 3.05) is 0 Å². The van der Waals surface area contributed by atoms with Gasteiger partial charge in [-0.15, -0.1) is 0 Å². The summed E-state index contributed by atoms with van der Waals surface area (Å²) in [7, 11) is -2.28.